The molecular formula is C12H18N4O. The number of rotatable bonds is 3. The summed E-state index contributed by atoms with van der Waals surface area (Å²) in [5.74, 6) is 1.60. The normalized spacial score (nSPS) is 15.1. The molecule has 0 aromatic carbocycles. The predicted molar refractivity (Wildman–Crippen MR) is 65.8 cm³/mol. The molecular weight excluding hydrogens is 216 g/mol. The van der Waals surface area contributed by atoms with Gasteiger partial charge in [-0.3, -0.25) is 4.79 Å². The third kappa shape index (κ3) is 3.15. The predicted octanol–water partition coefficient (Wildman–Crippen LogP) is 1.13. The van der Waals surface area contributed by atoms with Gasteiger partial charge in [0.2, 0.25) is 5.91 Å². The Labute approximate surface area is 101 Å². The average Bonchev–Trinajstić information content (AvgIpc) is 2.78. The van der Waals surface area contributed by atoms with E-state index in [1.165, 1.54) is 0 Å². The van der Waals surface area contributed by atoms with Crippen molar-refractivity contribution >= 4 is 11.7 Å². The van der Waals surface area contributed by atoms with Gasteiger partial charge in [0, 0.05) is 24.8 Å². The number of nitrogens with one attached hydrogen (secondary N) is 1. The van der Waals surface area contributed by atoms with Crippen LogP contribution in [0.3, 0.4) is 0 Å². The zero-order valence-electron chi connectivity index (χ0n) is 10.4. The third-order valence-electron chi connectivity index (χ3n) is 2.85. The number of hydrogen-bond acceptors (Lipinski definition) is 4. The Balaban J connectivity index is 1.90. The van der Waals surface area contributed by atoms with E-state index in [-0.39, 0.29) is 5.91 Å². The summed E-state index contributed by atoms with van der Waals surface area (Å²) in [5.41, 5.74) is 0.911. The Hall–Kier alpha value is -1.65. The molecule has 0 aliphatic carbocycles. The number of hydrogen-bond donors (Lipinski definition) is 1. The van der Waals surface area contributed by atoms with E-state index in [1.807, 2.05) is 24.8 Å². The first-order valence-corrected chi connectivity index (χ1v) is 5.99. The van der Waals surface area contributed by atoms with Crippen molar-refractivity contribution < 1.29 is 4.79 Å². The molecule has 1 aliphatic heterocycles. The molecule has 0 unspecified atom stereocenters. The Morgan fingerprint density at radius 2 is 2.06 bits per heavy atom. The Kier molecular flexibility index (Phi) is 3.56. The molecule has 0 atom stereocenters. The van der Waals surface area contributed by atoms with Gasteiger partial charge in [-0.05, 0) is 26.7 Å². The summed E-state index contributed by atoms with van der Waals surface area (Å²) in [4.78, 5) is 22.1. The van der Waals surface area contributed by atoms with Crippen LogP contribution in [0.2, 0.25) is 0 Å². The second kappa shape index (κ2) is 5.12. The van der Waals surface area contributed by atoms with Gasteiger partial charge in [-0.15, -0.1) is 0 Å². The van der Waals surface area contributed by atoms with Crippen LogP contribution in [0, 0.1) is 13.8 Å². The number of aromatic nitrogens is 2. The van der Waals surface area contributed by atoms with Crippen LogP contribution in [-0.4, -0.2) is 40.4 Å². The smallest absolute Gasteiger partial charge is 0.241 e. The van der Waals surface area contributed by atoms with Crippen LogP contribution in [0.25, 0.3) is 0 Å². The molecule has 0 saturated carbocycles. The number of aryl methyl sites for hydroxylation is 2. The van der Waals surface area contributed by atoms with Crippen molar-refractivity contribution in [2.75, 3.05) is 25.0 Å². The molecule has 92 valence electrons. The second-order valence-electron chi connectivity index (χ2n) is 4.38. The van der Waals surface area contributed by atoms with Crippen LogP contribution in [0.5, 0.6) is 0 Å². The lowest BCUT2D eigenvalue weighted by Crippen LogP contribution is -2.33. The first-order chi connectivity index (χ1) is 8.15. The van der Waals surface area contributed by atoms with E-state index < -0.39 is 0 Å². The Morgan fingerprint density at radius 3 is 2.71 bits per heavy atom. The quantitative estimate of drug-likeness (QED) is 0.851. The fourth-order valence-electron chi connectivity index (χ4n) is 2.05. The number of anilines is 1. The van der Waals surface area contributed by atoms with Crippen molar-refractivity contribution in [3.63, 3.8) is 0 Å². The summed E-state index contributed by atoms with van der Waals surface area (Å²) in [6, 6.07) is 1.85. The highest BCUT2D eigenvalue weighted by Crippen LogP contribution is 2.09. The SMILES string of the molecule is Cc1cc(NCC(=O)N2CCCC2)nc(C)n1. The number of amides is 1. The summed E-state index contributed by atoms with van der Waals surface area (Å²) >= 11 is 0. The lowest BCUT2D eigenvalue weighted by Gasteiger charge is -2.15. The van der Waals surface area contributed by atoms with Crippen LogP contribution >= 0.6 is 0 Å². The fraction of sp³-hybridized carbons (Fsp3) is 0.583. The van der Waals surface area contributed by atoms with Gasteiger partial charge in [-0.1, -0.05) is 0 Å². The zero-order chi connectivity index (χ0) is 12.3. The summed E-state index contributed by atoms with van der Waals surface area (Å²) in [6.45, 7) is 5.86. The lowest BCUT2D eigenvalue weighted by atomic mass is 10.4. The molecule has 1 aromatic rings. The van der Waals surface area contributed by atoms with Gasteiger partial charge in [0.05, 0.1) is 6.54 Å². The van der Waals surface area contributed by atoms with Crippen molar-refractivity contribution in [2.24, 2.45) is 0 Å². The third-order valence-corrected chi connectivity index (χ3v) is 2.85. The number of nitrogens with zero attached hydrogens (tertiary/aromatic N) is 3. The first-order valence-electron chi connectivity index (χ1n) is 5.99. The summed E-state index contributed by atoms with van der Waals surface area (Å²) < 4.78 is 0. The topological polar surface area (TPSA) is 58.1 Å². The van der Waals surface area contributed by atoms with Crippen molar-refractivity contribution in [3.8, 4) is 0 Å². The number of likely N-dealkylation sites (tertiary alicyclic amines) is 1. The summed E-state index contributed by atoms with van der Waals surface area (Å²) in [6.07, 6.45) is 2.24. The van der Waals surface area contributed by atoms with Gasteiger partial charge in [-0.25, -0.2) is 9.97 Å². The fourth-order valence-corrected chi connectivity index (χ4v) is 2.05. The van der Waals surface area contributed by atoms with Crippen LogP contribution in [-0.2, 0) is 4.79 Å². The van der Waals surface area contributed by atoms with E-state index in [0.29, 0.717) is 6.54 Å². The van der Waals surface area contributed by atoms with Gasteiger partial charge in [0.1, 0.15) is 11.6 Å². The molecule has 2 rings (SSSR count). The maximum Gasteiger partial charge on any atom is 0.241 e. The highest BCUT2D eigenvalue weighted by Gasteiger charge is 2.17. The van der Waals surface area contributed by atoms with Crippen molar-refractivity contribution in [1.82, 2.24) is 14.9 Å². The molecule has 0 radical (unpaired) electrons. The molecule has 1 fully saturated rings. The lowest BCUT2D eigenvalue weighted by molar-refractivity contribution is -0.128. The molecule has 1 amide bonds. The molecule has 2 heterocycles. The minimum absolute atomic E-state index is 0.149. The molecule has 1 aromatic heterocycles. The van der Waals surface area contributed by atoms with Gasteiger partial charge >= 0.3 is 0 Å². The second-order valence-corrected chi connectivity index (χ2v) is 4.38. The molecule has 5 heteroatoms. The number of carbonyl (C=O) groups excluding carboxylic acids is 1. The highest BCUT2D eigenvalue weighted by molar-refractivity contribution is 5.80. The van der Waals surface area contributed by atoms with E-state index in [2.05, 4.69) is 15.3 Å². The van der Waals surface area contributed by atoms with E-state index in [9.17, 15) is 4.79 Å². The molecule has 1 saturated heterocycles. The molecule has 1 aliphatic rings. The largest absolute Gasteiger partial charge is 0.361 e. The molecule has 17 heavy (non-hydrogen) atoms. The van der Waals surface area contributed by atoms with Gasteiger partial charge in [0.15, 0.2) is 0 Å². The van der Waals surface area contributed by atoms with Gasteiger partial charge in [0.25, 0.3) is 0 Å². The van der Waals surface area contributed by atoms with Crippen LogP contribution in [0.4, 0.5) is 5.82 Å². The van der Waals surface area contributed by atoms with E-state index in [4.69, 9.17) is 0 Å². The molecule has 0 spiro atoms. The maximum atomic E-state index is 11.8. The van der Waals surface area contributed by atoms with Crippen LogP contribution in [0.15, 0.2) is 6.07 Å². The molecule has 1 N–H and O–H groups in total. The van der Waals surface area contributed by atoms with Crippen molar-refractivity contribution in [3.05, 3.63) is 17.6 Å². The van der Waals surface area contributed by atoms with Gasteiger partial charge < -0.3 is 10.2 Å². The Bertz CT molecular complexity index is 393. The molecule has 0 bridgehead atoms. The zero-order valence-corrected chi connectivity index (χ0v) is 10.4. The van der Waals surface area contributed by atoms with Crippen LogP contribution in [0.1, 0.15) is 24.4 Å². The average molecular weight is 234 g/mol. The summed E-state index contributed by atoms with van der Waals surface area (Å²) in [5, 5.41) is 3.06. The van der Waals surface area contributed by atoms with Crippen LogP contribution < -0.4 is 5.32 Å². The molecule has 5 nitrogen and oxygen atoms in total. The first kappa shape index (κ1) is 11.8. The van der Waals surface area contributed by atoms with Crippen molar-refractivity contribution in [1.29, 1.82) is 0 Å². The maximum absolute atomic E-state index is 11.8. The van der Waals surface area contributed by atoms with Gasteiger partial charge in [-0.2, -0.15) is 0 Å². The standard InChI is InChI=1S/C12H18N4O/c1-9-7-11(15-10(2)14-9)13-8-12(17)16-5-3-4-6-16/h7H,3-6,8H2,1-2H3,(H,13,14,15). The van der Waals surface area contributed by atoms with E-state index in [1.54, 1.807) is 0 Å². The van der Waals surface area contributed by atoms with Crippen molar-refractivity contribution in [2.45, 2.75) is 26.7 Å². The minimum Gasteiger partial charge on any atom is -0.361 e. The van der Waals surface area contributed by atoms with E-state index >= 15 is 0 Å². The highest BCUT2D eigenvalue weighted by atomic mass is 16.2. The minimum atomic E-state index is 0.149. The number of carbonyl (C=O) groups is 1. The summed E-state index contributed by atoms with van der Waals surface area (Å²) in [7, 11) is 0. The monoisotopic (exact) mass is 234 g/mol. The Morgan fingerprint density at radius 1 is 1.35 bits per heavy atom. The van der Waals surface area contributed by atoms with E-state index in [0.717, 1.165) is 43.3 Å².